The zero-order valence-electron chi connectivity index (χ0n) is 8.62. The third-order valence-electron chi connectivity index (χ3n) is 4.15. The highest BCUT2D eigenvalue weighted by Gasteiger charge is 2.71. The predicted octanol–water partition coefficient (Wildman–Crippen LogP) is 1.06. The molecule has 0 saturated heterocycles. The van der Waals surface area contributed by atoms with Gasteiger partial charge < -0.3 is 0 Å². The van der Waals surface area contributed by atoms with Gasteiger partial charge in [0.1, 0.15) is 11.5 Å². The van der Waals surface area contributed by atoms with E-state index in [0.717, 1.165) is 4.57 Å². The molecule has 1 aromatic rings. The molecule has 5 rings (SSSR count). The van der Waals surface area contributed by atoms with E-state index in [2.05, 4.69) is 5.10 Å². The molecule has 0 N–H and O–H groups in total. The first-order valence-corrected chi connectivity index (χ1v) is 5.57. The summed E-state index contributed by atoms with van der Waals surface area (Å²) < 4.78 is 29.3. The van der Waals surface area contributed by atoms with Crippen molar-refractivity contribution in [3.05, 3.63) is 16.3 Å². The quantitative estimate of drug-likeness (QED) is 0.719. The smallest absolute Gasteiger partial charge is 0.247 e. The van der Waals surface area contributed by atoms with Gasteiger partial charge in [0, 0.05) is 32.1 Å². The average Bonchev–Trinajstić information content (AvgIpc) is 2.63. The maximum absolute atomic E-state index is 13.4. The second-order valence-corrected chi connectivity index (χ2v) is 5.36. The lowest BCUT2D eigenvalue weighted by Crippen LogP contribution is -2.72. The van der Waals surface area contributed by atoms with E-state index in [-0.39, 0.29) is 0 Å². The standard InChI is InChI=1S/C10H11F2N3O/c11-6-1-2-7-13-15(8(16)14(6)7)10-3-9(12,4-10)5-10/h6H,1-5H2/t6-,9?,10?/m0/s1. The van der Waals surface area contributed by atoms with Gasteiger partial charge in [0.25, 0.3) is 0 Å². The minimum Gasteiger partial charge on any atom is -0.247 e. The van der Waals surface area contributed by atoms with E-state index >= 15 is 0 Å². The number of nitrogens with zero attached hydrogens (tertiary/aromatic N) is 3. The zero-order chi connectivity index (χ0) is 11.1. The molecule has 86 valence electrons. The van der Waals surface area contributed by atoms with Crippen molar-refractivity contribution < 1.29 is 8.78 Å². The van der Waals surface area contributed by atoms with Crippen LogP contribution < -0.4 is 5.69 Å². The van der Waals surface area contributed by atoms with Crippen LogP contribution in [0, 0.1) is 0 Å². The monoisotopic (exact) mass is 227 g/mol. The van der Waals surface area contributed by atoms with Crippen molar-refractivity contribution in [2.75, 3.05) is 0 Å². The van der Waals surface area contributed by atoms with E-state index in [4.69, 9.17) is 0 Å². The van der Waals surface area contributed by atoms with E-state index in [1.807, 2.05) is 0 Å². The highest BCUT2D eigenvalue weighted by molar-refractivity contribution is 5.22. The van der Waals surface area contributed by atoms with Crippen LogP contribution in [0.3, 0.4) is 0 Å². The van der Waals surface area contributed by atoms with Crippen LogP contribution in [-0.2, 0) is 12.0 Å². The average molecular weight is 227 g/mol. The van der Waals surface area contributed by atoms with Crippen molar-refractivity contribution in [2.24, 2.45) is 0 Å². The van der Waals surface area contributed by atoms with Crippen LogP contribution in [-0.4, -0.2) is 20.0 Å². The Labute approximate surface area is 89.9 Å². The number of fused-ring (bicyclic) bond motifs is 1. The number of hydrogen-bond acceptors (Lipinski definition) is 2. The molecule has 1 atom stereocenters. The number of aromatic nitrogens is 3. The second kappa shape index (κ2) is 2.24. The number of hydrogen-bond donors (Lipinski definition) is 0. The molecule has 1 aromatic heterocycles. The minimum absolute atomic E-state index is 0.332. The fourth-order valence-corrected chi connectivity index (χ4v) is 3.40. The van der Waals surface area contributed by atoms with E-state index in [1.54, 1.807) is 0 Å². The molecule has 4 aliphatic rings. The highest BCUT2D eigenvalue weighted by atomic mass is 19.1. The molecular formula is C10H11F2N3O. The lowest BCUT2D eigenvalue weighted by Gasteiger charge is -2.64. The lowest BCUT2D eigenvalue weighted by molar-refractivity contribution is -0.205. The first-order valence-electron chi connectivity index (χ1n) is 5.57. The van der Waals surface area contributed by atoms with E-state index < -0.39 is 23.2 Å². The second-order valence-electron chi connectivity index (χ2n) is 5.36. The minimum atomic E-state index is -1.25. The molecular weight excluding hydrogens is 216 g/mol. The molecule has 16 heavy (non-hydrogen) atoms. The largest absolute Gasteiger partial charge is 0.348 e. The summed E-state index contributed by atoms with van der Waals surface area (Å²) in [5.74, 6) is 0.509. The fraction of sp³-hybridized carbons (Fsp3) is 0.800. The fourth-order valence-electron chi connectivity index (χ4n) is 3.40. The van der Waals surface area contributed by atoms with Crippen LogP contribution >= 0.6 is 0 Å². The summed E-state index contributed by atoms with van der Waals surface area (Å²) in [6, 6.07) is 0. The van der Waals surface area contributed by atoms with Crippen LogP contribution in [0.1, 0.15) is 37.8 Å². The van der Waals surface area contributed by atoms with Crippen molar-refractivity contribution >= 4 is 0 Å². The SMILES string of the molecule is O=c1n(C23CC(F)(C2)C3)nc2n1[C@H](F)CC2. The molecule has 6 heteroatoms. The number of rotatable bonds is 1. The Kier molecular flexibility index (Phi) is 1.24. The third kappa shape index (κ3) is 0.780. The molecule has 0 unspecified atom stereocenters. The molecule has 3 aliphatic carbocycles. The molecule has 0 radical (unpaired) electrons. The van der Waals surface area contributed by atoms with Crippen molar-refractivity contribution in [2.45, 2.75) is 49.6 Å². The van der Waals surface area contributed by atoms with Gasteiger partial charge in [-0.1, -0.05) is 0 Å². The summed E-state index contributed by atoms with van der Waals surface area (Å²) in [5.41, 5.74) is -1.90. The van der Waals surface area contributed by atoms with Crippen LogP contribution in [0.5, 0.6) is 0 Å². The van der Waals surface area contributed by atoms with Gasteiger partial charge in [-0.05, 0) is 0 Å². The Morgan fingerprint density at radius 2 is 2.06 bits per heavy atom. The molecule has 0 amide bonds. The Morgan fingerprint density at radius 1 is 1.38 bits per heavy atom. The topological polar surface area (TPSA) is 39.8 Å². The van der Waals surface area contributed by atoms with Crippen LogP contribution in [0.4, 0.5) is 8.78 Å². The summed E-state index contributed by atoms with van der Waals surface area (Å²) in [4.78, 5) is 11.9. The predicted molar refractivity (Wildman–Crippen MR) is 50.6 cm³/mol. The zero-order valence-corrected chi connectivity index (χ0v) is 8.62. The van der Waals surface area contributed by atoms with Gasteiger partial charge in [-0.3, -0.25) is 0 Å². The highest BCUT2D eigenvalue weighted by Crippen LogP contribution is 2.66. The van der Waals surface area contributed by atoms with Crippen molar-refractivity contribution in [1.82, 2.24) is 14.3 Å². The number of halogens is 2. The maximum atomic E-state index is 13.4. The van der Waals surface area contributed by atoms with Gasteiger partial charge in [0.15, 0.2) is 6.30 Å². The van der Waals surface area contributed by atoms with Crippen molar-refractivity contribution in [3.8, 4) is 0 Å². The summed E-state index contributed by atoms with van der Waals surface area (Å²) in [6.45, 7) is 0. The molecule has 0 aromatic carbocycles. The lowest BCUT2D eigenvalue weighted by atomic mass is 9.47. The molecule has 2 heterocycles. The van der Waals surface area contributed by atoms with Gasteiger partial charge in [-0.15, -0.1) is 0 Å². The van der Waals surface area contributed by atoms with Crippen LogP contribution in [0.2, 0.25) is 0 Å². The summed E-state index contributed by atoms with van der Waals surface area (Å²) in [5, 5.41) is 4.16. The normalized spacial score (nSPS) is 43.8. The molecule has 3 fully saturated rings. The van der Waals surface area contributed by atoms with Crippen molar-refractivity contribution in [1.29, 1.82) is 0 Å². The Morgan fingerprint density at radius 3 is 2.62 bits per heavy atom. The van der Waals surface area contributed by atoms with E-state index in [1.165, 1.54) is 4.68 Å². The molecule has 2 bridgehead atoms. The maximum Gasteiger partial charge on any atom is 0.348 e. The first-order chi connectivity index (χ1) is 7.53. The summed E-state index contributed by atoms with van der Waals surface area (Å²) in [6.07, 6.45) is 0.690. The molecule has 1 aliphatic heterocycles. The summed E-state index contributed by atoms with van der Waals surface area (Å²) in [7, 11) is 0. The molecule has 3 saturated carbocycles. The van der Waals surface area contributed by atoms with Gasteiger partial charge in [-0.25, -0.2) is 22.8 Å². The third-order valence-corrected chi connectivity index (χ3v) is 4.15. The van der Waals surface area contributed by atoms with Crippen molar-refractivity contribution in [3.63, 3.8) is 0 Å². The molecule has 4 nitrogen and oxygen atoms in total. The van der Waals surface area contributed by atoms with E-state index in [0.29, 0.717) is 37.9 Å². The van der Waals surface area contributed by atoms with Crippen LogP contribution in [0.25, 0.3) is 0 Å². The van der Waals surface area contributed by atoms with Gasteiger partial charge in [-0.2, -0.15) is 5.10 Å². The van der Waals surface area contributed by atoms with E-state index in [9.17, 15) is 13.6 Å². The van der Waals surface area contributed by atoms with Gasteiger partial charge in [0.05, 0.1) is 5.54 Å². The van der Waals surface area contributed by atoms with Crippen LogP contribution in [0.15, 0.2) is 4.79 Å². The van der Waals surface area contributed by atoms with Gasteiger partial charge in [0.2, 0.25) is 0 Å². The first kappa shape index (κ1) is 8.90. The Bertz CT molecular complexity index is 527. The Hall–Kier alpha value is -1.20. The Balaban J connectivity index is 1.82. The number of alkyl halides is 2. The summed E-state index contributed by atoms with van der Waals surface area (Å²) >= 11 is 0. The molecule has 0 spiro atoms. The van der Waals surface area contributed by atoms with Gasteiger partial charge >= 0.3 is 5.69 Å². The number of aryl methyl sites for hydroxylation is 1.